The van der Waals surface area contributed by atoms with Crippen LogP contribution in [-0.4, -0.2) is 45.3 Å². The molecule has 0 amide bonds. The summed E-state index contributed by atoms with van der Waals surface area (Å²) in [5.74, 6) is 10.2. The minimum absolute atomic E-state index is 0.297. The summed E-state index contributed by atoms with van der Waals surface area (Å²) in [5, 5.41) is 38.0. The Bertz CT molecular complexity index is 481. The molecule has 0 aliphatic heterocycles. The summed E-state index contributed by atoms with van der Waals surface area (Å²) in [5.41, 5.74) is 0. The monoisotopic (exact) mass is 408 g/mol. The Balaban J connectivity index is 3.50. The van der Waals surface area contributed by atoms with Gasteiger partial charge in [0.25, 0.3) is 0 Å². The van der Waals surface area contributed by atoms with Crippen molar-refractivity contribution in [3.8, 4) is 23.7 Å². The minimum Gasteiger partial charge on any atom is -0.390 e. The molecule has 0 aromatic rings. The topological polar surface area (TPSA) is 80.9 Å². The summed E-state index contributed by atoms with van der Waals surface area (Å²) < 4.78 is 0. The quantitative estimate of drug-likeness (QED) is 0.215. The van der Waals surface area contributed by atoms with E-state index in [1.54, 1.807) is 0 Å². The molecule has 0 rings (SSSR count). The van der Waals surface area contributed by atoms with Crippen molar-refractivity contribution in [2.24, 2.45) is 5.92 Å². The third-order valence-corrected chi connectivity index (χ3v) is 5.20. The van der Waals surface area contributed by atoms with Crippen molar-refractivity contribution >= 4 is 0 Å². The summed E-state index contributed by atoms with van der Waals surface area (Å²) >= 11 is 0. The van der Waals surface area contributed by atoms with Crippen molar-refractivity contribution in [2.45, 2.75) is 122 Å². The Morgan fingerprint density at radius 3 is 1.52 bits per heavy atom. The number of unbranched alkanes of at least 4 members (excludes halogenated alkanes) is 11. The molecule has 0 saturated carbocycles. The van der Waals surface area contributed by atoms with E-state index >= 15 is 0 Å². The molecule has 0 spiro atoms. The van der Waals surface area contributed by atoms with Crippen molar-refractivity contribution in [2.75, 3.05) is 6.61 Å². The molecule has 0 aromatic heterocycles. The SMILES string of the molecule is CC(C)CCCCCCCCCCCCCCC(O)C(O)C(O)C#CC#CCO. The van der Waals surface area contributed by atoms with Crippen LogP contribution >= 0.6 is 0 Å². The van der Waals surface area contributed by atoms with Gasteiger partial charge in [0, 0.05) is 0 Å². The number of aliphatic hydroxyl groups is 4. The molecule has 0 aliphatic rings. The smallest absolute Gasteiger partial charge is 0.144 e. The van der Waals surface area contributed by atoms with E-state index in [4.69, 9.17) is 5.11 Å². The second-order valence-corrected chi connectivity index (χ2v) is 8.45. The maximum absolute atomic E-state index is 9.94. The van der Waals surface area contributed by atoms with Gasteiger partial charge in [-0.3, -0.25) is 0 Å². The maximum Gasteiger partial charge on any atom is 0.144 e. The fraction of sp³-hybridized carbons (Fsp3) is 0.840. The summed E-state index contributed by atoms with van der Waals surface area (Å²) in [4.78, 5) is 0. The van der Waals surface area contributed by atoms with Gasteiger partial charge in [0.05, 0.1) is 6.10 Å². The van der Waals surface area contributed by atoms with Gasteiger partial charge in [-0.05, 0) is 24.2 Å². The fourth-order valence-electron chi connectivity index (χ4n) is 3.33. The van der Waals surface area contributed by atoms with Gasteiger partial charge in [0.15, 0.2) is 0 Å². The lowest BCUT2D eigenvalue weighted by molar-refractivity contribution is -0.0415. The first kappa shape index (κ1) is 28.0. The summed E-state index contributed by atoms with van der Waals surface area (Å²) in [6.45, 7) is 4.30. The summed E-state index contributed by atoms with van der Waals surface area (Å²) in [6.07, 6.45) is 13.3. The van der Waals surface area contributed by atoms with Crippen LogP contribution in [0.15, 0.2) is 0 Å². The molecule has 0 aliphatic carbocycles. The van der Waals surface area contributed by atoms with Crippen LogP contribution in [0, 0.1) is 29.6 Å². The fourth-order valence-corrected chi connectivity index (χ4v) is 3.33. The molecule has 4 heteroatoms. The first-order chi connectivity index (χ1) is 14.0. The first-order valence-electron chi connectivity index (χ1n) is 11.6. The van der Waals surface area contributed by atoms with E-state index in [9.17, 15) is 15.3 Å². The lowest BCUT2D eigenvalue weighted by atomic mass is 10.0. The van der Waals surface area contributed by atoms with Crippen LogP contribution in [0.5, 0.6) is 0 Å². The largest absolute Gasteiger partial charge is 0.390 e. The molecule has 0 radical (unpaired) electrons. The van der Waals surface area contributed by atoms with Crippen LogP contribution in [-0.2, 0) is 0 Å². The van der Waals surface area contributed by atoms with Crippen molar-refractivity contribution in [1.82, 2.24) is 0 Å². The predicted molar refractivity (Wildman–Crippen MR) is 120 cm³/mol. The highest BCUT2D eigenvalue weighted by molar-refractivity contribution is 5.27. The second kappa shape index (κ2) is 20.2. The number of hydrogen-bond donors (Lipinski definition) is 4. The third-order valence-electron chi connectivity index (χ3n) is 5.20. The van der Waals surface area contributed by atoms with Gasteiger partial charge in [-0.1, -0.05) is 109 Å². The van der Waals surface area contributed by atoms with Gasteiger partial charge in [0.1, 0.15) is 18.8 Å². The molecule has 0 heterocycles. The van der Waals surface area contributed by atoms with E-state index in [1.165, 1.54) is 64.2 Å². The van der Waals surface area contributed by atoms with Crippen LogP contribution in [0.3, 0.4) is 0 Å². The zero-order chi connectivity index (χ0) is 21.7. The summed E-state index contributed by atoms with van der Waals surface area (Å²) in [6, 6.07) is 0. The molecular weight excluding hydrogens is 364 g/mol. The zero-order valence-corrected chi connectivity index (χ0v) is 18.7. The minimum atomic E-state index is -1.33. The van der Waals surface area contributed by atoms with Crippen molar-refractivity contribution in [3.05, 3.63) is 0 Å². The lowest BCUT2D eigenvalue weighted by Gasteiger charge is -2.19. The molecule has 4 nitrogen and oxygen atoms in total. The standard InChI is InChI=1S/C25H44O4/c1-22(2)18-14-11-9-7-5-3-4-6-8-10-12-15-19-23(27)25(29)24(28)20-16-13-17-21-26/h22-29H,3-12,14-15,18-19,21H2,1-2H3. The molecule has 0 aromatic carbocycles. The van der Waals surface area contributed by atoms with E-state index in [0.29, 0.717) is 6.42 Å². The number of hydrogen-bond acceptors (Lipinski definition) is 4. The highest BCUT2D eigenvalue weighted by Crippen LogP contribution is 2.15. The van der Waals surface area contributed by atoms with Crippen LogP contribution in [0.25, 0.3) is 0 Å². The average Bonchev–Trinajstić information content (AvgIpc) is 2.70. The molecule has 3 unspecified atom stereocenters. The number of aliphatic hydroxyl groups excluding tert-OH is 4. The Morgan fingerprint density at radius 2 is 1.07 bits per heavy atom. The van der Waals surface area contributed by atoms with Gasteiger partial charge in [-0.25, -0.2) is 0 Å². The van der Waals surface area contributed by atoms with Crippen LogP contribution < -0.4 is 0 Å². The van der Waals surface area contributed by atoms with Gasteiger partial charge in [0.2, 0.25) is 0 Å². The van der Waals surface area contributed by atoms with E-state index < -0.39 is 18.3 Å². The van der Waals surface area contributed by atoms with Gasteiger partial charge in [-0.2, -0.15) is 0 Å². The molecule has 0 saturated heterocycles. The first-order valence-corrected chi connectivity index (χ1v) is 11.6. The average molecular weight is 409 g/mol. The van der Waals surface area contributed by atoms with Crippen LogP contribution in [0.4, 0.5) is 0 Å². The molecule has 168 valence electrons. The van der Waals surface area contributed by atoms with Gasteiger partial charge < -0.3 is 20.4 Å². The van der Waals surface area contributed by atoms with Crippen molar-refractivity contribution in [1.29, 1.82) is 0 Å². The maximum atomic E-state index is 9.94. The summed E-state index contributed by atoms with van der Waals surface area (Å²) in [7, 11) is 0. The van der Waals surface area contributed by atoms with E-state index in [-0.39, 0.29) is 6.61 Å². The van der Waals surface area contributed by atoms with Crippen LogP contribution in [0.2, 0.25) is 0 Å². The Labute approximate surface area is 179 Å². The molecular formula is C25H44O4. The van der Waals surface area contributed by atoms with Gasteiger partial charge in [-0.15, -0.1) is 0 Å². The lowest BCUT2D eigenvalue weighted by Crippen LogP contribution is -2.36. The molecule has 0 fully saturated rings. The zero-order valence-electron chi connectivity index (χ0n) is 18.7. The predicted octanol–water partition coefficient (Wildman–Crippen LogP) is 4.19. The van der Waals surface area contributed by atoms with E-state index in [2.05, 4.69) is 37.5 Å². The van der Waals surface area contributed by atoms with Gasteiger partial charge >= 0.3 is 0 Å². The Hall–Kier alpha value is -1.04. The van der Waals surface area contributed by atoms with Crippen LogP contribution in [0.1, 0.15) is 104 Å². The third kappa shape index (κ3) is 18.7. The molecule has 3 atom stereocenters. The van der Waals surface area contributed by atoms with Crippen molar-refractivity contribution < 1.29 is 20.4 Å². The van der Waals surface area contributed by atoms with Crippen molar-refractivity contribution in [3.63, 3.8) is 0 Å². The Morgan fingerprint density at radius 1 is 0.621 bits per heavy atom. The second-order valence-electron chi connectivity index (χ2n) is 8.45. The molecule has 29 heavy (non-hydrogen) atoms. The van der Waals surface area contributed by atoms with E-state index in [1.807, 2.05) is 0 Å². The normalized spacial score (nSPS) is 13.9. The molecule has 0 bridgehead atoms. The Kier molecular flexibility index (Phi) is 19.5. The number of rotatable bonds is 17. The molecule has 4 N–H and O–H groups in total. The van der Waals surface area contributed by atoms with E-state index in [0.717, 1.165) is 25.2 Å². The highest BCUT2D eigenvalue weighted by atomic mass is 16.4. The highest BCUT2D eigenvalue weighted by Gasteiger charge is 2.22.